The molecule has 1 atom stereocenters. The van der Waals surface area contributed by atoms with Crippen LogP contribution in [0, 0.1) is 6.92 Å². The number of nitrogens with one attached hydrogen (secondary N) is 1. The maximum atomic E-state index is 12.5. The highest BCUT2D eigenvalue weighted by atomic mass is 16.5. The minimum atomic E-state index is -0.156. The molecule has 2 aromatic rings. The van der Waals surface area contributed by atoms with E-state index in [0.717, 1.165) is 52.3 Å². The molecule has 0 saturated carbocycles. The Hall–Kier alpha value is -2.75. The second-order valence-electron chi connectivity index (χ2n) is 6.85. The van der Waals surface area contributed by atoms with Gasteiger partial charge in [-0.15, -0.1) is 0 Å². The molecule has 3 rings (SSSR count). The zero-order valence-corrected chi connectivity index (χ0v) is 16.5. The first-order valence-electron chi connectivity index (χ1n) is 9.55. The van der Waals surface area contributed by atoms with Crippen LogP contribution in [0.3, 0.4) is 0 Å². The van der Waals surface area contributed by atoms with Crippen LogP contribution in [-0.4, -0.2) is 18.6 Å². The van der Waals surface area contributed by atoms with Gasteiger partial charge in [-0.3, -0.25) is 4.79 Å². The van der Waals surface area contributed by atoms with Gasteiger partial charge in [-0.25, -0.2) is 0 Å². The Labute approximate surface area is 161 Å². The van der Waals surface area contributed by atoms with Crippen molar-refractivity contribution in [2.24, 2.45) is 0 Å². The zero-order valence-electron chi connectivity index (χ0n) is 16.5. The van der Waals surface area contributed by atoms with E-state index in [1.165, 1.54) is 0 Å². The lowest BCUT2D eigenvalue weighted by molar-refractivity contribution is -0.111. The van der Waals surface area contributed by atoms with Gasteiger partial charge in [-0.2, -0.15) is 0 Å². The third-order valence-electron chi connectivity index (χ3n) is 4.73. The van der Waals surface area contributed by atoms with Gasteiger partial charge in [0.15, 0.2) is 0 Å². The second kappa shape index (κ2) is 8.30. The molecule has 1 heterocycles. The molecule has 2 aromatic carbocycles. The average Bonchev–Trinajstić information content (AvgIpc) is 3.00. The minimum Gasteiger partial charge on any atom is -0.493 e. The highest BCUT2D eigenvalue weighted by Gasteiger charge is 2.21. The molecule has 27 heavy (non-hydrogen) atoms. The Kier molecular flexibility index (Phi) is 5.84. The molecule has 1 aliphatic rings. The quantitative estimate of drug-likeness (QED) is 0.738. The standard InChI is InChI=1S/C23H27NO3/c1-5-17-9-7-8-15(3)23(17)24-22(25)11-10-18-13-21-19(12-16(4)27-21)14-20(18)26-6-2/h7-11,13-14,16H,5-6,12H2,1-4H3,(H,24,25)/b11-10+/t16-/m0/s1. The molecule has 0 saturated heterocycles. The number of para-hydroxylation sites is 1. The number of carbonyl (C=O) groups excluding carboxylic acids is 1. The van der Waals surface area contributed by atoms with Crippen LogP contribution in [0.1, 0.15) is 43.0 Å². The van der Waals surface area contributed by atoms with Crippen molar-refractivity contribution >= 4 is 17.7 Å². The SMILES string of the molecule is CCOc1cc2c(cc1/C=C/C(=O)Nc1c(C)cccc1CC)O[C@@H](C)C2. The third kappa shape index (κ3) is 4.33. The molecule has 0 aliphatic carbocycles. The number of anilines is 1. The molecule has 1 N–H and O–H groups in total. The first-order chi connectivity index (χ1) is 13.0. The van der Waals surface area contributed by atoms with Gasteiger partial charge in [0.05, 0.1) is 6.61 Å². The molecule has 1 amide bonds. The van der Waals surface area contributed by atoms with E-state index in [1.54, 1.807) is 12.2 Å². The molecule has 4 nitrogen and oxygen atoms in total. The maximum Gasteiger partial charge on any atom is 0.248 e. The third-order valence-corrected chi connectivity index (χ3v) is 4.73. The van der Waals surface area contributed by atoms with Gasteiger partial charge >= 0.3 is 0 Å². The monoisotopic (exact) mass is 365 g/mol. The van der Waals surface area contributed by atoms with Crippen molar-refractivity contribution in [3.8, 4) is 11.5 Å². The molecule has 0 fully saturated rings. The molecule has 1 aliphatic heterocycles. The molecular weight excluding hydrogens is 338 g/mol. The summed E-state index contributed by atoms with van der Waals surface area (Å²) in [5.41, 5.74) is 5.09. The van der Waals surface area contributed by atoms with Crippen LogP contribution in [0.4, 0.5) is 5.69 Å². The average molecular weight is 365 g/mol. The Morgan fingerprint density at radius 2 is 2.15 bits per heavy atom. The fourth-order valence-electron chi connectivity index (χ4n) is 3.40. The summed E-state index contributed by atoms with van der Waals surface area (Å²) in [6, 6.07) is 10.0. The lowest BCUT2D eigenvalue weighted by atomic mass is 10.1. The zero-order chi connectivity index (χ0) is 19.4. The van der Waals surface area contributed by atoms with E-state index in [9.17, 15) is 4.79 Å². The Balaban J connectivity index is 1.82. The fraction of sp³-hybridized carbons (Fsp3) is 0.348. The number of carbonyl (C=O) groups is 1. The lowest BCUT2D eigenvalue weighted by Gasteiger charge is -2.12. The van der Waals surface area contributed by atoms with Gasteiger partial charge in [0.2, 0.25) is 5.91 Å². The Bertz CT molecular complexity index is 870. The smallest absolute Gasteiger partial charge is 0.248 e. The summed E-state index contributed by atoms with van der Waals surface area (Å²) in [6.07, 6.45) is 5.26. The number of ether oxygens (including phenoxy) is 2. The van der Waals surface area contributed by atoms with Crippen LogP contribution in [0.15, 0.2) is 36.4 Å². The van der Waals surface area contributed by atoms with Crippen LogP contribution >= 0.6 is 0 Å². The van der Waals surface area contributed by atoms with Crippen molar-refractivity contribution in [3.05, 3.63) is 58.7 Å². The predicted molar refractivity (Wildman–Crippen MR) is 110 cm³/mol. The van der Waals surface area contributed by atoms with Gasteiger partial charge in [0, 0.05) is 29.3 Å². The molecule has 0 bridgehead atoms. The number of aryl methyl sites for hydroxylation is 2. The van der Waals surface area contributed by atoms with Crippen LogP contribution in [0.25, 0.3) is 6.08 Å². The van der Waals surface area contributed by atoms with E-state index in [-0.39, 0.29) is 12.0 Å². The highest BCUT2D eigenvalue weighted by molar-refractivity contribution is 6.03. The summed E-state index contributed by atoms with van der Waals surface area (Å²) in [4.78, 5) is 12.5. The first kappa shape index (κ1) is 19.0. The number of hydrogen-bond acceptors (Lipinski definition) is 3. The second-order valence-corrected chi connectivity index (χ2v) is 6.85. The van der Waals surface area contributed by atoms with Crippen LogP contribution in [0.2, 0.25) is 0 Å². The normalized spacial score (nSPS) is 15.5. The summed E-state index contributed by atoms with van der Waals surface area (Å²) in [6.45, 7) is 8.67. The Morgan fingerprint density at radius 1 is 1.33 bits per heavy atom. The van der Waals surface area contributed by atoms with Crippen molar-refractivity contribution in [3.63, 3.8) is 0 Å². The van der Waals surface area contributed by atoms with Gasteiger partial charge in [-0.05, 0) is 56.5 Å². The van der Waals surface area contributed by atoms with E-state index >= 15 is 0 Å². The van der Waals surface area contributed by atoms with Gasteiger partial charge in [-0.1, -0.05) is 25.1 Å². The first-order valence-corrected chi connectivity index (χ1v) is 9.55. The Morgan fingerprint density at radius 3 is 2.89 bits per heavy atom. The number of benzene rings is 2. The fourth-order valence-corrected chi connectivity index (χ4v) is 3.40. The van der Waals surface area contributed by atoms with Crippen molar-refractivity contribution in [2.75, 3.05) is 11.9 Å². The summed E-state index contributed by atoms with van der Waals surface area (Å²) in [5, 5.41) is 3.01. The summed E-state index contributed by atoms with van der Waals surface area (Å²) >= 11 is 0. The van der Waals surface area contributed by atoms with Crippen molar-refractivity contribution in [1.29, 1.82) is 0 Å². The van der Waals surface area contributed by atoms with E-state index in [1.807, 2.05) is 44.2 Å². The molecule has 142 valence electrons. The van der Waals surface area contributed by atoms with E-state index in [0.29, 0.717) is 6.61 Å². The highest BCUT2D eigenvalue weighted by Crippen LogP contribution is 2.35. The molecule has 0 unspecified atom stereocenters. The van der Waals surface area contributed by atoms with Gasteiger partial charge in [0.1, 0.15) is 17.6 Å². The number of fused-ring (bicyclic) bond motifs is 1. The van der Waals surface area contributed by atoms with E-state index in [4.69, 9.17) is 9.47 Å². The van der Waals surface area contributed by atoms with Gasteiger partial charge in [0.25, 0.3) is 0 Å². The van der Waals surface area contributed by atoms with Crippen LogP contribution in [-0.2, 0) is 17.6 Å². The van der Waals surface area contributed by atoms with Crippen molar-refractivity contribution < 1.29 is 14.3 Å². The van der Waals surface area contributed by atoms with E-state index in [2.05, 4.69) is 19.2 Å². The predicted octanol–water partition coefficient (Wildman–Crippen LogP) is 4.93. The topological polar surface area (TPSA) is 47.6 Å². The van der Waals surface area contributed by atoms with E-state index < -0.39 is 0 Å². The molecule has 0 aromatic heterocycles. The largest absolute Gasteiger partial charge is 0.493 e. The number of rotatable bonds is 6. The molecule has 4 heteroatoms. The maximum absolute atomic E-state index is 12.5. The van der Waals surface area contributed by atoms with Crippen molar-refractivity contribution in [2.45, 2.75) is 46.6 Å². The number of amides is 1. The molecule has 0 spiro atoms. The summed E-state index contributed by atoms with van der Waals surface area (Å²) in [5.74, 6) is 1.50. The molecular formula is C23H27NO3. The minimum absolute atomic E-state index is 0.156. The summed E-state index contributed by atoms with van der Waals surface area (Å²) < 4.78 is 11.6. The molecule has 0 radical (unpaired) electrons. The van der Waals surface area contributed by atoms with Crippen LogP contribution in [0.5, 0.6) is 11.5 Å². The van der Waals surface area contributed by atoms with Crippen LogP contribution < -0.4 is 14.8 Å². The lowest BCUT2D eigenvalue weighted by Crippen LogP contribution is -2.11. The van der Waals surface area contributed by atoms with Gasteiger partial charge < -0.3 is 14.8 Å². The van der Waals surface area contributed by atoms with Crippen molar-refractivity contribution in [1.82, 2.24) is 0 Å². The number of hydrogen-bond donors (Lipinski definition) is 1. The summed E-state index contributed by atoms with van der Waals surface area (Å²) in [7, 11) is 0.